The summed E-state index contributed by atoms with van der Waals surface area (Å²) in [5.41, 5.74) is 1.36. The number of amides is 1. The molecular formula is C24H29FN4O4. The minimum Gasteiger partial charge on any atom is -0.394 e. The van der Waals surface area contributed by atoms with Crippen molar-refractivity contribution < 1.29 is 19.4 Å². The van der Waals surface area contributed by atoms with Gasteiger partial charge in [-0.3, -0.25) is 13.9 Å². The standard InChI is InChI=1S/C24H29FN4O4/c1-13-7-19(25)18(22(32)27-16-5-6-16)9-17(13)15-8-20-21(26-10-15)29(24(3,4)12-30)23(33)28(20)11-14(2)31/h7-10,14,16,30-31H,5-6,11-12H2,1-4H3,(H,27,32)/t14-/m1/s1. The van der Waals surface area contributed by atoms with Crippen LogP contribution in [0.5, 0.6) is 0 Å². The molecule has 0 radical (unpaired) electrons. The van der Waals surface area contributed by atoms with Crippen LogP contribution in [0.2, 0.25) is 0 Å². The SMILES string of the molecule is Cc1cc(F)c(C(=O)NC2CC2)cc1-c1cnc2c(c1)n(C[C@@H](C)O)c(=O)n2C(C)(C)CO. The Kier molecular flexibility index (Phi) is 5.88. The van der Waals surface area contributed by atoms with Crippen molar-refractivity contribution in [2.45, 2.75) is 64.8 Å². The van der Waals surface area contributed by atoms with Gasteiger partial charge in [-0.2, -0.15) is 0 Å². The van der Waals surface area contributed by atoms with Crippen LogP contribution in [0, 0.1) is 12.7 Å². The highest BCUT2D eigenvalue weighted by molar-refractivity contribution is 5.96. The molecule has 0 bridgehead atoms. The van der Waals surface area contributed by atoms with Crippen molar-refractivity contribution in [2.75, 3.05) is 6.61 Å². The van der Waals surface area contributed by atoms with Gasteiger partial charge in [-0.05, 0) is 69.9 Å². The number of aliphatic hydroxyl groups is 2. The van der Waals surface area contributed by atoms with Crippen LogP contribution in [0.25, 0.3) is 22.3 Å². The van der Waals surface area contributed by atoms with Crippen molar-refractivity contribution in [1.29, 1.82) is 0 Å². The van der Waals surface area contributed by atoms with Gasteiger partial charge in [0.25, 0.3) is 5.91 Å². The summed E-state index contributed by atoms with van der Waals surface area (Å²) in [6, 6.07) is 4.68. The average Bonchev–Trinajstić information content (AvgIpc) is 3.51. The molecule has 1 aliphatic carbocycles. The summed E-state index contributed by atoms with van der Waals surface area (Å²) < 4.78 is 17.4. The smallest absolute Gasteiger partial charge is 0.331 e. The normalized spacial score (nSPS) is 15.1. The van der Waals surface area contributed by atoms with Gasteiger partial charge in [-0.25, -0.2) is 14.2 Å². The van der Waals surface area contributed by atoms with Crippen molar-refractivity contribution in [3.63, 3.8) is 0 Å². The Morgan fingerprint density at radius 3 is 2.64 bits per heavy atom. The Morgan fingerprint density at radius 1 is 1.33 bits per heavy atom. The molecule has 1 amide bonds. The number of hydrogen-bond acceptors (Lipinski definition) is 5. The number of nitrogens with zero attached hydrogens (tertiary/aromatic N) is 3. The molecule has 2 heterocycles. The van der Waals surface area contributed by atoms with E-state index in [1.807, 2.05) is 0 Å². The number of hydrogen-bond donors (Lipinski definition) is 3. The number of fused-ring (bicyclic) bond motifs is 1. The largest absolute Gasteiger partial charge is 0.394 e. The topological polar surface area (TPSA) is 109 Å². The van der Waals surface area contributed by atoms with E-state index >= 15 is 0 Å². The maximum atomic E-state index is 14.6. The maximum Gasteiger partial charge on any atom is 0.331 e. The predicted molar refractivity (Wildman–Crippen MR) is 123 cm³/mol. The van der Waals surface area contributed by atoms with Crippen molar-refractivity contribution in [1.82, 2.24) is 19.4 Å². The second kappa shape index (κ2) is 8.39. The molecule has 0 saturated heterocycles. The molecule has 3 N–H and O–H groups in total. The van der Waals surface area contributed by atoms with E-state index in [0.717, 1.165) is 12.8 Å². The highest BCUT2D eigenvalue weighted by atomic mass is 19.1. The first-order chi connectivity index (χ1) is 15.5. The van der Waals surface area contributed by atoms with Gasteiger partial charge < -0.3 is 15.5 Å². The minimum atomic E-state index is -0.909. The Labute approximate surface area is 190 Å². The van der Waals surface area contributed by atoms with Crippen molar-refractivity contribution in [3.05, 3.63) is 51.8 Å². The van der Waals surface area contributed by atoms with Crippen molar-refractivity contribution in [2.24, 2.45) is 0 Å². The molecule has 1 saturated carbocycles. The van der Waals surface area contributed by atoms with Crippen LogP contribution in [0.1, 0.15) is 49.5 Å². The number of benzene rings is 1. The number of aliphatic hydroxyl groups excluding tert-OH is 2. The first-order valence-corrected chi connectivity index (χ1v) is 11.1. The molecule has 2 aromatic heterocycles. The number of aromatic nitrogens is 3. The third-order valence-corrected chi connectivity index (χ3v) is 5.99. The molecule has 1 atom stereocenters. The van der Waals surface area contributed by atoms with Gasteiger partial charge in [-0.1, -0.05) is 0 Å². The lowest BCUT2D eigenvalue weighted by atomic mass is 9.98. The van der Waals surface area contributed by atoms with E-state index in [-0.39, 0.29) is 24.8 Å². The number of carbonyl (C=O) groups excluding carboxylic acids is 1. The molecule has 3 aromatic rings. The maximum absolute atomic E-state index is 14.6. The Hall–Kier alpha value is -3.04. The van der Waals surface area contributed by atoms with E-state index in [9.17, 15) is 24.2 Å². The number of imidazole rings is 1. The summed E-state index contributed by atoms with van der Waals surface area (Å²) in [5, 5.41) is 22.6. The zero-order valence-electron chi connectivity index (χ0n) is 19.2. The zero-order valence-corrected chi connectivity index (χ0v) is 19.2. The van der Waals surface area contributed by atoms with Gasteiger partial charge in [-0.15, -0.1) is 0 Å². The van der Waals surface area contributed by atoms with Crippen LogP contribution in [-0.2, 0) is 12.1 Å². The summed E-state index contributed by atoms with van der Waals surface area (Å²) >= 11 is 0. The third-order valence-electron chi connectivity index (χ3n) is 5.99. The second-order valence-corrected chi connectivity index (χ2v) is 9.51. The highest BCUT2D eigenvalue weighted by Gasteiger charge is 2.29. The highest BCUT2D eigenvalue weighted by Crippen LogP contribution is 2.30. The molecule has 1 aliphatic rings. The van der Waals surface area contributed by atoms with Gasteiger partial charge in [0.15, 0.2) is 5.65 Å². The number of halogens is 1. The van der Waals surface area contributed by atoms with Crippen LogP contribution < -0.4 is 11.0 Å². The van der Waals surface area contributed by atoms with E-state index in [1.165, 1.54) is 21.3 Å². The van der Waals surface area contributed by atoms with E-state index in [4.69, 9.17) is 0 Å². The van der Waals surface area contributed by atoms with Crippen LogP contribution in [0.3, 0.4) is 0 Å². The van der Waals surface area contributed by atoms with Gasteiger partial charge in [0.1, 0.15) is 5.82 Å². The molecule has 176 valence electrons. The lowest BCUT2D eigenvalue weighted by molar-refractivity contribution is 0.0947. The van der Waals surface area contributed by atoms with Gasteiger partial charge >= 0.3 is 5.69 Å². The summed E-state index contributed by atoms with van der Waals surface area (Å²) in [6.07, 6.45) is 2.58. The minimum absolute atomic E-state index is 0.0389. The van der Waals surface area contributed by atoms with Gasteiger partial charge in [0, 0.05) is 17.8 Å². The summed E-state index contributed by atoms with van der Waals surface area (Å²) in [4.78, 5) is 30.2. The quantitative estimate of drug-likeness (QED) is 0.506. The molecule has 1 aromatic carbocycles. The van der Waals surface area contributed by atoms with E-state index in [1.54, 1.807) is 40.0 Å². The molecule has 8 nitrogen and oxygen atoms in total. The fraction of sp³-hybridized carbons (Fsp3) is 0.458. The fourth-order valence-electron chi connectivity index (χ4n) is 3.98. The van der Waals surface area contributed by atoms with E-state index < -0.39 is 29.1 Å². The third kappa shape index (κ3) is 4.30. The van der Waals surface area contributed by atoms with Crippen LogP contribution in [-0.4, -0.2) is 49.0 Å². The molecule has 0 unspecified atom stereocenters. The average molecular weight is 457 g/mol. The summed E-state index contributed by atoms with van der Waals surface area (Å²) in [7, 11) is 0. The van der Waals surface area contributed by atoms with Crippen LogP contribution in [0.4, 0.5) is 4.39 Å². The number of carbonyl (C=O) groups is 1. The molecule has 0 aliphatic heterocycles. The van der Waals surface area contributed by atoms with E-state index in [2.05, 4.69) is 10.3 Å². The van der Waals surface area contributed by atoms with Gasteiger partial charge in [0.2, 0.25) is 0 Å². The van der Waals surface area contributed by atoms with Crippen LogP contribution in [0.15, 0.2) is 29.2 Å². The summed E-state index contributed by atoms with van der Waals surface area (Å²) in [6.45, 7) is 6.55. The molecule has 9 heteroatoms. The number of aryl methyl sites for hydroxylation is 1. The Bertz CT molecular complexity index is 1290. The number of nitrogens with one attached hydrogen (secondary N) is 1. The fourth-order valence-corrected chi connectivity index (χ4v) is 3.98. The molecule has 1 fully saturated rings. The first-order valence-electron chi connectivity index (χ1n) is 11.1. The zero-order chi connectivity index (χ0) is 24.1. The Balaban J connectivity index is 1.89. The lowest BCUT2D eigenvalue weighted by Gasteiger charge is -2.23. The second-order valence-electron chi connectivity index (χ2n) is 9.51. The molecular weight excluding hydrogens is 427 g/mol. The van der Waals surface area contributed by atoms with E-state index in [0.29, 0.717) is 27.9 Å². The first kappa shape index (κ1) is 23.1. The number of rotatable bonds is 7. The molecule has 0 spiro atoms. The van der Waals surface area contributed by atoms with Crippen molar-refractivity contribution in [3.8, 4) is 11.1 Å². The van der Waals surface area contributed by atoms with Crippen LogP contribution >= 0.6 is 0 Å². The monoisotopic (exact) mass is 456 g/mol. The van der Waals surface area contributed by atoms with Crippen molar-refractivity contribution >= 4 is 17.1 Å². The number of pyridine rings is 1. The lowest BCUT2D eigenvalue weighted by Crippen LogP contribution is -2.40. The summed E-state index contributed by atoms with van der Waals surface area (Å²) in [5.74, 6) is -1.04. The van der Waals surface area contributed by atoms with Gasteiger partial charge in [0.05, 0.1) is 35.9 Å². The molecule has 33 heavy (non-hydrogen) atoms. The Morgan fingerprint density at radius 2 is 2.03 bits per heavy atom. The molecule has 4 rings (SSSR count). The predicted octanol–water partition coefficient (Wildman–Crippen LogP) is 2.31.